The van der Waals surface area contributed by atoms with E-state index in [-0.39, 0.29) is 16.9 Å². The zero-order valence-corrected chi connectivity index (χ0v) is 22.5. The highest BCUT2D eigenvalue weighted by Gasteiger charge is 2.23. The number of nitrogens with zero attached hydrogens (tertiary/aromatic N) is 2. The first-order valence-electron chi connectivity index (χ1n) is 11.5. The van der Waals surface area contributed by atoms with Crippen molar-refractivity contribution in [1.29, 1.82) is 0 Å². The molecular weight excluding hydrogens is 540 g/mol. The van der Waals surface area contributed by atoms with Crippen molar-refractivity contribution in [2.24, 2.45) is 0 Å². The van der Waals surface area contributed by atoms with Gasteiger partial charge in [0.1, 0.15) is 5.75 Å². The Kier molecular flexibility index (Phi) is 8.22. The maximum Gasteiger partial charge on any atom is 0.257 e. The molecule has 1 fully saturated rings. The number of benzene rings is 3. The topological polar surface area (TPSA) is 73.9 Å². The molecule has 0 bridgehead atoms. The van der Waals surface area contributed by atoms with Gasteiger partial charge in [-0.05, 0) is 89.2 Å². The molecule has 3 aromatic rings. The second-order valence-electron chi connectivity index (χ2n) is 8.40. The predicted octanol–water partition coefficient (Wildman–Crippen LogP) is 4.86. The summed E-state index contributed by atoms with van der Waals surface area (Å²) in [7, 11) is 1.57. The van der Waals surface area contributed by atoms with Gasteiger partial charge >= 0.3 is 0 Å². The van der Waals surface area contributed by atoms with Gasteiger partial charge in [-0.15, -0.1) is 0 Å². The molecule has 4 rings (SSSR count). The van der Waals surface area contributed by atoms with Gasteiger partial charge in [0.15, 0.2) is 5.11 Å². The Morgan fingerprint density at radius 3 is 2.31 bits per heavy atom. The van der Waals surface area contributed by atoms with Crippen LogP contribution in [0.2, 0.25) is 0 Å². The number of thiocarbonyl (C=S) groups is 1. The fourth-order valence-corrected chi connectivity index (χ4v) is 4.80. The fourth-order valence-electron chi connectivity index (χ4n) is 4.05. The number of hydrogen-bond acceptors (Lipinski definition) is 5. The second-order valence-corrected chi connectivity index (χ2v) is 9.66. The van der Waals surface area contributed by atoms with Crippen LogP contribution >= 0.6 is 28.1 Å². The average Bonchev–Trinajstić information content (AvgIpc) is 2.89. The van der Waals surface area contributed by atoms with Gasteiger partial charge in [-0.3, -0.25) is 14.9 Å². The second kappa shape index (κ2) is 11.5. The Hall–Kier alpha value is -3.43. The zero-order valence-electron chi connectivity index (χ0n) is 20.1. The molecule has 2 amide bonds. The molecule has 0 aliphatic carbocycles. The number of methoxy groups -OCH3 is 1. The molecule has 186 valence electrons. The highest BCUT2D eigenvalue weighted by molar-refractivity contribution is 9.10. The molecule has 1 aliphatic heterocycles. The quantitative estimate of drug-likeness (QED) is 0.430. The summed E-state index contributed by atoms with van der Waals surface area (Å²) in [5.41, 5.74) is 4.07. The normalized spacial score (nSPS) is 13.2. The van der Waals surface area contributed by atoms with Crippen molar-refractivity contribution in [2.45, 2.75) is 6.92 Å². The van der Waals surface area contributed by atoms with Crippen molar-refractivity contribution in [3.8, 4) is 5.75 Å². The van der Waals surface area contributed by atoms with Gasteiger partial charge in [0.2, 0.25) is 0 Å². The van der Waals surface area contributed by atoms with E-state index >= 15 is 0 Å². The number of aryl methyl sites for hydroxylation is 1. The predicted molar refractivity (Wildman–Crippen MR) is 150 cm³/mol. The van der Waals surface area contributed by atoms with Gasteiger partial charge in [0.05, 0.1) is 11.6 Å². The number of ether oxygens (including phenoxy) is 1. The fraction of sp³-hybridized carbons (Fsp3) is 0.222. The van der Waals surface area contributed by atoms with Crippen molar-refractivity contribution in [1.82, 2.24) is 10.2 Å². The SMILES string of the molecule is COc1ccc(C(=O)NC(=S)Nc2ccc(N3CCN(C(=O)c4ccccc4C)CC3)cc2)cc1Br. The summed E-state index contributed by atoms with van der Waals surface area (Å²) in [6, 6.07) is 20.6. The molecule has 1 heterocycles. The van der Waals surface area contributed by atoms with E-state index in [9.17, 15) is 9.59 Å². The maximum atomic E-state index is 12.9. The minimum absolute atomic E-state index is 0.0878. The number of piperazine rings is 1. The smallest absolute Gasteiger partial charge is 0.257 e. The average molecular weight is 568 g/mol. The largest absolute Gasteiger partial charge is 0.496 e. The van der Waals surface area contributed by atoms with E-state index in [1.54, 1.807) is 25.3 Å². The lowest BCUT2D eigenvalue weighted by molar-refractivity contribution is 0.0746. The van der Waals surface area contributed by atoms with Crippen LogP contribution in [0.15, 0.2) is 71.2 Å². The van der Waals surface area contributed by atoms with Crippen molar-refractivity contribution >= 4 is 56.4 Å². The Morgan fingerprint density at radius 2 is 1.67 bits per heavy atom. The van der Waals surface area contributed by atoms with Crippen molar-refractivity contribution in [3.63, 3.8) is 0 Å². The van der Waals surface area contributed by atoms with Crippen LogP contribution in [0.1, 0.15) is 26.3 Å². The van der Waals surface area contributed by atoms with Gasteiger partial charge in [0.25, 0.3) is 11.8 Å². The van der Waals surface area contributed by atoms with Gasteiger partial charge in [0, 0.05) is 48.7 Å². The van der Waals surface area contributed by atoms with Crippen LogP contribution in [-0.2, 0) is 0 Å². The van der Waals surface area contributed by atoms with E-state index < -0.39 is 0 Å². The highest BCUT2D eigenvalue weighted by Crippen LogP contribution is 2.25. The zero-order chi connectivity index (χ0) is 25.7. The third-order valence-electron chi connectivity index (χ3n) is 6.07. The van der Waals surface area contributed by atoms with Gasteiger partial charge in [-0.25, -0.2) is 0 Å². The summed E-state index contributed by atoms with van der Waals surface area (Å²) in [5.74, 6) is 0.419. The monoisotopic (exact) mass is 566 g/mol. The van der Waals surface area contributed by atoms with E-state index in [2.05, 4.69) is 31.5 Å². The van der Waals surface area contributed by atoms with Crippen LogP contribution in [0.25, 0.3) is 0 Å². The first-order valence-corrected chi connectivity index (χ1v) is 12.7. The van der Waals surface area contributed by atoms with E-state index in [0.717, 1.165) is 35.6 Å². The van der Waals surface area contributed by atoms with Crippen LogP contribution in [0.5, 0.6) is 5.75 Å². The molecule has 1 saturated heterocycles. The third-order valence-corrected chi connectivity index (χ3v) is 6.90. The number of carbonyl (C=O) groups excluding carboxylic acids is 2. The molecular formula is C27H27BrN4O3S. The summed E-state index contributed by atoms with van der Waals surface area (Å²) in [6.07, 6.45) is 0. The molecule has 1 aliphatic rings. The van der Waals surface area contributed by atoms with Crippen LogP contribution in [0.3, 0.4) is 0 Å². The molecule has 0 aromatic heterocycles. The van der Waals surface area contributed by atoms with E-state index in [4.69, 9.17) is 17.0 Å². The van der Waals surface area contributed by atoms with Crippen molar-refractivity contribution in [3.05, 3.63) is 87.9 Å². The Morgan fingerprint density at radius 1 is 0.972 bits per heavy atom. The molecule has 0 unspecified atom stereocenters. The first-order chi connectivity index (χ1) is 17.4. The number of amides is 2. The standard InChI is InChI=1S/C27H27BrN4O3S/c1-18-5-3-4-6-22(18)26(34)32-15-13-31(14-16-32)21-10-8-20(9-11-21)29-27(36)30-25(33)19-7-12-24(35-2)23(28)17-19/h3-12,17H,13-16H2,1-2H3,(H2,29,30,33,36). The lowest BCUT2D eigenvalue weighted by Gasteiger charge is -2.36. The summed E-state index contributed by atoms with van der Waals surface area (Å²) in [6.45, 7) is 4.83. The van der Waals surface area contributed by atoms with Crippen LogP contribution in [-0.4, -0.2) is 55.1 Å². The van der Waals surface area contributed by atoms with E-state index in [0.29, 0.717) is 28.9 Å². The molecule has 0 saturated carbocycles. The van der Waals surface area contributed by atoms with E-state index in [1.807, 2.05) is 60.4 Å². The third kappa shape index (κ3) is 6.03. The maximum absolute atomic E-state index is 12.9. The summed E-state index contributed by atoms with van der Waals surface area (Å²) in [4.78, 5) is 29.5. The number of halogens is 1. The molecule has 3 aromatic carbocycles. The number of rotatable bonds is 5. The van der Waals surface area contributed by atoms with Gasteiger partial charge < -0.3 is 19.9 Å². The number of hydrogen-bond donors (Lipinski definition) is 2. The molecule has 0 radical (unpaired) electrons. The molecule has 0 spiro atoms. The van der Waals surface area contributed by atoms with Gasteiger partial charge in [-0.1, -0.05) is 18.2 Å². The number of anilines is 2. The summed E-state index contributed by atoms with van der Waals surface area (Å²) in [5, 5.41) is 5.95. The Labute approximate surface area is 224 Å². The van der Waals surface area contributed by atoms with Crippen molar-refractivity contribution in [2.75, 3.05) is 43.5 Å². The van der Waals surface area contributed by atoms with Crippen LogP contribution in [0, 0.1) is 6.92 Å². The minimum Gasteiger partial charge on any atom is -0.496 e. The number of nitrogens with one attached hydrogen (secondary N) is 2. The molecule has 36 heavy (non-hydrogen) atoms. The molecule has 9 heteroatoms. The Bertz CT molecular complexity index is 1270. The molecule has 7 nitrogen and oxygen atoms in total. The van der Waals surface area contributed by atoms with Crippen molar-refractivity contribution < 1.29 is 14.3 Å². The number of carbonyl (C=O) groups is 2. The summed E-state index contributed by atoms with van der Waals surface area (Å²) < 4.78 is 5.88. The minimum atomic E-state index is -0.314. The lowest BCUT2D eigenvalue weighted by Crippen LogP contribution is -2.48. The van der Waals surface area contributed by atoms with Crippen LogP contribution in [0.4, 0.5) is 11.4 Å². The molecule has 2 N–H and O–H groups in total. The van der Waals surface area contributed by atoms with Crippen LogP contribution < -0.4 is 20.3 Å². The van der Waals surface area contributed by atoms with Gasteiger partial charge in [-0.2, -0.15) is 0 Å². The lowest BCUT2D eigenvalue weighted by atomic mass is 10.1. The highest BCUT2D eigenvalue weighted by atomic mass is 79.9. The van der Waals surface area contributed by atoms with E-state index in [1.165, 1.54) is 0 Å². The Balaban J connectivity index is 1.29. The summed E-state index contributed by atoms with van der Waals surface area (Å²) >= 11 is 8.69. The molecule has 0 atom stereocenters. The first kappa shape index (κ1) is 25.7.